The van der Waals surface area contributed by atoms with Crippen LogP contribution in [0.3, 0.4) is 0 Å². The Balaban J connectivity index is 2.63. The lowest BCUT2D eigenvalue weighted by Crippen LogP contribution is -2.27. The second-order valence-electron chi connectivity index (χ2n) is 5.07. The van der Waals surface area contributed by atoms with Crippen LogP contribution in [0.2, 0.25) is 0 Å². The van der Waals surface area contributed by atoms with Gasteiger partial charge in [-0.3, -0.25) is 0 Å². The van der Waals surface area contributed by atoms with Crippen LogP contribution in [-0.4, -0.2) is 0 Å². The Bertz CT molecular complexity index is 174. The molecule has 0 heteroatoms. The van der Waals surface area contributed by atoms with Crippen LogP contribution in [0.4, 0.5) is 0 Å². The summed E-state index contributed by atoms with van der Waals surface area (Å²) in [5.41, 5.74) is 0.518. The van der Waals surface area contributed by atoms with Crippen molar-refractivity contribution in [2.24, 2.45) is 11.3 Å². The first-order chi connectivity index (χ1) is 6.73. The van der Waals surface area contributed by atoms with Crippen LogP contribution < -0.4 is 0 Å². The van der Waals surface area contributed by atoms with E-state index in [9.17, 15) is 0 Å². The summed E-state index contributed by atoms with van der Waals surface area (Å²) in [6.07, 6.45) is 14.5. The molecule has 0 amide bonds. The Hall–Kier alpha value is -0.260. The van der Waals surface area contributed by atoms with Crippen molar-refractivity contribution in [3.8, 4) is 0 Å². The lowest BCUT2D eigenvalue weighted by Gasteiger charge is -2.37. The lowest BCUT2D eigenvalue weighted by molar-refractivity contribution is 0.195. The predicted octanol–water partition coefficient (Wildman–Crippen LogP) is 4.95. The molecule has 0 radical (unpaired) electrons. The first-order valence-corrected chi connectivity index (χ1v) is 6.40. The summed E-state index contributed by atoms with van der Waals surface area (Å²) in [7, 11) is 0. The van der Waals surface area contributed by atoms with Gasteiger partial charge in [-0.1, -0.05) is 45.8 Å². The second-order valence-corrected chi connectivity index (χ2v) is 5.07. The number of rotatable bonds is 5. The van der Waals surface area contributed by atoms with Crippen molar-refractivity contribution < 1.29 is 0 Å². The third-order valence-corrected chi connectivity index (χ3v) is 3.79. The van der Waals surface area contributed by atoms with Crippen molar-refractivity contribution in [2.75, 3.05) is 0 Å². The second kappa shape index (κ2) is 5.58. The highest BCUT2D eigenvalue weighted by Gasteiger charge is 2.31. The molecule has 0 aromatic carbocycles. The molecule has 0 spiro atoms. The van der Waals surface area contributed by atoms with Gasteiger partial charge >= 0.3 is 0 Å². The van der Waals surface area contributed by atoms with Gasteiger partial charge < -0.3 is 0 Å². The Kier molecular flexibility index (Phi) is 4.71. The molecular formula is C14H26. The Morgan fingerprint density at radius 3 is 2.29 bits per heavy atom. The standard InChI is InChI=1S/C14H26/c1-4-9-13(10-5-2)14(3)11-7-6-8-12-14/h7,11,13H,4-6,8-10,12H2,1-3H3. The molecule has 0 fully saturated rings. The van der Waals surface area contributed by atoms with E-state index < -0.39 is 0 Å². The van der Waals surface area contributed by atoms with E-state index >= 15 is 0 Å². The largest absolute Gasteiger partial charge is 0.0880 e. The molecule has 0 saturated carbocycles. The van der Waals surface area contributed by atoms with Crippen LogP contribution >= 0.6 is 0 Å². The number of hydrogen-bond donors (Lipinski definition) is 0. The molecule has 0 N–H and O–H groups in total. The van der Waals surface area contributed by atoms with Gasteiger partial charge in [0, 0.05) is 0 Å². The molecule has 1 atom stereocenters. The third kappa shape index (κ3) is 2.87. The van der Waals surface area contributed by atoms with Gasteiger partial charge in [0.05, 0.1) is 0 Å². The average Bonchev–Trinajstić information content (AvgIpc) is 2.19. The van der Waals surface area contributed by atoms with E-state index in [0.29, 0.717) is 5.41 Å². The zero-order chi connectivity index (χ0) is 10.4. The summed E-state index contributed by atoms with van der Waals surface area (Å²) >= 11 is 0. The maximum Gasteiger partial charge on any atom is -0.0118 e. The van der Waals surface area contributed by atoms with Crippen molar-refractivity contribution >= 4 is 0 Å². The molecule has 1 rings (SSSR count). The topological polar surface area (TPSA) is 0 Å². The van der Waals surface area contributed by atoms with E-state index in [4.69, 9.17) is 0 Å². The quantitative estimate of drug-likeness (QED) is 0.543. The summed E-state index contributed by atoms with van der Waals surface area (Å²) in [5, 5.41) is 0. The minimum atomic E-state index is 0.518. The van der Waals surface area contributed by atoms with E-state index in [0.717, 1.165) is 5.92 Å². The SMILES string of the molecule is CCCC(CCC)C1(C)C=CCCC1. The molecular weight excluding hydrogens is 168 g/mol. The number of hydrogen-bond acceptors (Lipinski definition) is 0. The van der Waals surface area contributed by atoms with Crippen LogP contribution in [0.25, 0.3) is 0 Å². The lowest BCUT2D eigenvalue weighted by atomic mass is 9.68. The Labute approximate surface area is 89.8 Å². The average molecular weight is 194 g/mol. The van der Waals surface area contributed by atoms with E-state index in [2.05, 4.69) is 32.9 Å². The molecule has 0 bridgehead atoms. The van der Waals surface area contributed by atoms with Gasteiger partial charge in [0.2, 0.25) is 0 Å². The van der Waals surface area contributed by atoms with Crippen molar-refractivity contribution in [3.63, 3.8) is 0 Å². The summed E-state index contributed by atoms with van der Waals surface area (Å²) in [6, 6.07) is 0. The van der Waals surface area contributed by atoms with Crippen LogP contribution in [-0.2, 0) is 0 Å². The summed E-state index contributed by atoms with van der Waals surface area (Å²) < 4.78 is 0. The van der Waals surface area contributed by atoms with E-state index in [1.807, 2.05) is 0 Å². The van der Waals surface area contributed by atoms with Crippen molar-refractivity contribution in [1.29, 1.82) is 0 Å². The minimum Gasteiger partial charge on any atom is -0.0880 e. The predicted molar refractivity (Wildman–Crippen MR) is 64.4 cm³/mol. The fourth-order valence-electron chi connectivity index (χ4n) is 2.88. The van der Waals surface area contributed by atoms with Gasteiger partial charge in [-0.2, -0.15) is 0 Å². The van der Waals surface area contributed by atoms with Crippen LogP contribution in [0.5, 0.6) is 0 Å². The molecule has 0 aromatic rings. The molecule has 14 heavy (non-hydrogen) atoms. The smallest absolute Gasteiger partial charge is 0.0118 e. The molecule has 82 valence electrons. The van der Waals surface area contributed by atoms with Gasteiger partial charge in [0.25, 0.3) is 0 Å². The summed E-state index contributed by atoms with van der Waals surface area (Å²) in [6.45, 7) is 7.11. The first kappa shape index (κ1) is 11.8. The van der Waals surface area contributed by atoms with Gasteiger partial charge in [-0.25, -0.2) is 0 Å². The van der Waals surface area contributed by atoms with Crippen molar-refractivity contribution in [2.45, 2.75) is 65.7 Å². The number of allylic oxidation sites excluding steroid dienone is 2. The van der Waals surface area contributed by atoms with Crippen LogP contribution in [0.15, 0.2) is 12.2 Å². The van der Waals surface area contributed by atoms with E-state index in [1.54, 1.807) is 0 Å². The molecule has 0 saturated heterocycles. The van der Waals surface area contributed by atoms with Gasteiger partial charge in [0.1, 0.15) is 0 Å². The van der Waals surface area contributed by atoms with Crippen molar-refractivity contribution in [1.82, 2.24) is 0 Å². The normalized spacial score (nSPS) is 27.1. The highest BCUT2D eigenvalue weighted by molar-refractivity contribution is 5.04. The van der Waals surface area contributed by atoms with Crippen LogP contribution in [0, 0.1) is 11.3 Å². The van der Waals surface area contributed by atoms with Crippen molar-refractivity contribution in [3.05, 3.63) is 12.2 Å². The third-order valence-electron chi connectivity index (χ3n) is 3.79. The highest BCUT2D eigenvalue weighted by atomic mass is 14.4. The summed E-state index contributed by atoms with van der Waals surface area (Å²) in [5.74, 6) is 0.925. The maximum absolute atomic E-state index is 2.51. The fourth-order valence-corrected chi connectivity index (χ4v) is 2.88. The Morgan fingerprint density at radius 1 is 1.21 bits per heavy atom. The van der Waals surface area contributed by atoms with E-state index in [-0.39, 0.29) is 0 Å². The molecule has 1 unspecified atom stereocenters. The van der Waals surface area contributed by atoms with Gasteiger partial charge in [-0.15, -0.1) is 0 Å². The van der Waals surface area contributed by atoms with Gasteiger partial charge in [0.15, 0.2) is 0 Å². The first-order valence-electron chi connectivity index (χ1n) is 6.40. The minimum absolute atomic E-state index is 0.518. The zero-order valence-corrected chi connectivity index (χ0v) is 10.2. The Morgan fingerprint density at radius 2 is 1.86 bits per heavy atom. The monoisotopic (exact) mass is 194 g/mol. The molecule has 0 heterocycles. The van der Waals surface area contributed by atoms with Crippen LogP contribution in [0.1, 0.15) is 65.7 Å². The molecule has 0 nitrogen and oxygen atoms in total. The molecule has 0 aliphatic heterocycles. The highest BCUT2D eigenvalue weighted by Crippen LogP contribution is 2.42. The van der Waals surface area contributed by atoms with E-state index in [1.165, 1.54) is 44.9 Å². The fraction of sp³-hybridized carbons (Fsp3) is 0.857. The zero-order valence-electron chi connectivity index (χ0n) is 10.2. The molecule has 1 aliphatic carbocycles. The molecule has 1 aliphatic rings. The maximum atomic E-state index is 2.51. The molecule has 0 aromatic heterocycles. The summed E-state index contributed by atoms with van der Waals surface area (Å²) in [4.78, 5) is 0. The van der Waals surface area contributed by atoms with Gasteiger partial charge in [-0.05, 0) is 43.4 Å².